The smallest absolute Gasteiger partial charge is 0.317 e. The van der Waals surface area contributed by atoms with Crippen molar-refractivity contribution in [3.05, 3.63) is 57.6 Å². The number of carbonyl (C=O) groups excluding carboxylic acids is 2. The van der Waals surface area contributed by atoms with Gasteiger partial charge in [-0.05, 0) is 126 Å². The van der Waals surface area contributed by atoms with Crippen molar-refractivity contribution in [2.24, 2.45) is 11.8 Å². The third-order valence-corrected chi connectivity index (χ3v) is 13.1. The first-order chi connectivity index (χ1) is 28.8. The summed E-state index contributed by atoms with van der Waals surface area (Å²) in [7, 11) is 4.80. The number of nitrogens with one attached hydrogen (secondary N) is 2. The van der Waals surface area contributed by atoms with Gasteiger partial charge in [-0.1, -0.05) is 47.5 Å². The van der Waals surface area contributed by atoms with Crippen molar-refractivity contribution in [3.8, 4) is 0 Å². The predicted molar refractivity (Wildman–Crippen MR) is 235 cm³/mol. The first-order valence-electron chi connectivity index (χ1n) is 23.3. The van der Waals surface area contributed by atoms with Crippen molar-refractivity contribution in [3.63, 3.8) is 0 Å². The number of hydrogen-bond donors (Lipinski definition) is 2. The standard InChI is InChI=1S/2C22H35ClN4O/c2*1-17-5-4-6-20(21(17)23)27-15-13-26(14-16-27)12-11-18-7-9-19(10-8-18)24-22(28)25(2)3/h2*4-6,18-19H,7-16H2,1-3H3,(H,24,28)/i11D2;2D3. The summed E-state index contributed by atoms with van der Waals surface area (Å²) in [5.41, 5.74) is 4.44. The van der Waals surface area contributed by atoms with Crippen LogP contribution in [0.15, 0.2) is 36.4 Å². The molecule has 0 radical (unpaired) electrons. The Morgan fingerprint density at radius 3 is 1.54 bits per heavy atom. The number of carbonyl (C=O) groups is 2. The van der Waals surface area contributed by atoms with Crippen LogP contribution in [0.3, 0.4) is 0 Å². The van der Waals surface area contributed by atoms with Crippen LogP contribution in [0, 0.1) is 25.7 Å². The maximum atomic E-state index is 12.1. The van der Waals surface area contributed by atoms with E-state index in [2.05, 4.69) is 48.4 Å². The van der Waals surface area contributed by atoms with Gasteiger partial charge in [0.05, 0.1) is 21.4 Å². The number of piperazine rings is 2. The van der Waals surface area contributed by atoms with Gasteiger partial charge >= 0.3 is 12.1 Å². The van der Waals surface area contributed by atoms with Gasteiger partial charge in [0.1, 0.15) is 0 Å². The number of rotatable bonds is 10. The van der Waals surface area contributed by atoms with Gasteiger partial charge in [0.25, 0.3) is 0 Å². The van der Waals surface area contributed by atoms with Crippen LogP contribution in [0.5, 0.6) is 0 Å². The third kappa shape index (κ3) is 13.0. The van der Waals surface area contributed by atoms with Crippen molar-refractivity contribution in [1.29, 1.82) is 0 Å². The van der Waals surface area contributed by atoms with E-state index in [9.17, 15) is 9.59 Å². The number of nitrogens with zero attached hydrogens (tertiary/aromatic N) is 6. The molecule has 4 fully saturated rings. The molecule has 2 aromatic carbocycles. The monoisotopic (exact) mass is 818 g/mol. The Labute approximate surface area is 355 Å². The number of amides is 4. The van der Waals surface area contributed by atoms with Crippen LogP contribution in [-0.4, -0.2) is 137 Å². The molecular weight excluding hydrogens is 743 g/mol. The second kappa shape index (κ2) is 21.7. The van der Waals surface area contributed by atoms with Crippen LogP contribution < -0.4 is 20.4 Å². The second-order valence-corrected chi connectivity index (χ2v) is 17.3. The molecule has 0 spiro atoms. The highest BCUT2D eigenvalue weighted by Crippen LogP contribution is 2.32. The minimum Gasteiger partial charge on any atom is -0.368 e. The normalized spacial score (nSPS) is 25.3. The van der Waals surface area contributed by atoms with Crippen molar-refractivity contribution in [2.75, 3.05) is 103 Å². The van der Waals surface area contributed by atoms with Crippen LogP contribution >= 0.6 is 23.2 Å². The zero-order valence-electron chi connectivity index (χ0n) is 39.5. The highest BCUT2D eigenvalue weighted by atomic mass is 35.5. The molecule has 2 aliphatic carbocycles. The Bertz CT molecular complexity index is 1720. The molecule has 0 aromatic heterocycles. The highest BCUT2D eigenvalue weighted by Gasteiger charge is 2.27. The summed E-state index contributed by atoms with van der Waals surface area (Å²) in [6.45, 7) is 10.8. The summed E-state index contributed by atoms with van der Waals surface area (Å²) in [6, 6.07) is 12.0. The van der Waals surface area contributed by atoms with E-state index in [4.69, 9.17) is 30.1 Å². The van der Waals surface area contributed by atoms with Crippen molar-refractivity contribution in [1.82, 2.24) is 30.2 Å². The van der Waals surface area contributed by atoms with Crippen molar-refractivity contribution >= 4 is 46.6 Å². The Morgan fingerprint density at radius 1 is 0.661 bits per heavy atom. The lowest BCUT2D eigenvalue weighted by molar-refractivity contribution is 0.194. The summed E-state index contributed by atoms with van der Waals surface area (Å²) < 4.78 is 39.4. The third-order valence-electron chi connectivity index (χ3n) is 12.2. The zero-order chi connectivity index (χ0) is 44.5. The lowest BCUT2D eigenvalue weighted by Gasteiger charge is -2.37. The quantitative estimate of drug-likeness (QED) is 0.254. The van der Waals surface area contributed by atoms with Gasteiger partial charge in [0.15, 0.2) is 0 Å². The molecule has 0 bridgehead atoms. The van der Waals surface area contributed by atoms with Gasteiger partial charge in [-0.3, -0.25) is 9.80 Å². The van der Waals surface area contributed by atoms with Gasteiger partial charge in [0.2, 0.25) is 0 Å². The van der Waals surface area contributed by atoms with E-state index >= 15 is 0 Å². The van der Waals surface area contributed by atoms with E-state index in [1.807, 2.05) is 32.0 Å². The maximum absolute atomic E-state index is 12.1. The molecule has 312 valence electrons. The van der Waals surface area contributed by atoms with Crippen LogP contribution in [0.1, 0.15) is 82.1 Å². The number of anilines is 2. The van der Waals surface area contributed by atoms with E-state index in [-0.39, 0.29) is 24.0 Å². The average molecular weight is 819 g/mol. The molecule has 56 heavy (non-hydrogen) atoms. The van der Waals surface area contributed by atoms with Gasteiger partial charge < -0.3 is 30.2 Å². The van der Waals surface area contributed by atoms with Crippen molar-refractivity contribution < 1.29 is 16.4 Å². The minimum absolute atomic E-state index is 0.0502. The SMILES string of the molecule is [2H]C([2H])(CN1CCN(c2cccc(C)c2Cl)CC1)C1CCC(NC(=O)N(C)C)CC1.[2H]C([2H])([2H])N(C)C(=O)NC1CCC(CCN2CCN(c3cccc(C)c3Cl)CC2)CC1. The number of halogens is 2. The van der Waals surface area contributed by atoms with E-state index in [1.165, 1.54) is 13.5 Å². The Balaban J connectivity index is 0.000000231. The molecule has 4 aliphatic rings. The molecule has 2 heterocycles. The highest BCUT2D eigenvalue weighted by molar-refractivity contribution is 6.34. The fraction of sp³-hybridized carbons (Fsp3) is 0.682. The predicted octanol–water partition coefficient (Wildman–Crippen LogP) is 7.98. The number of benzene rings is 2. The first kappa shape index (κ1) is 37.4. The van der Waals surface area contributed by atoms with Gasteiger partial charge in [-0.2, -0.15) is 0 Å². The summed E-state index contributed by atoms with van der Waals surface area (Å²) in [6.07, 6.45) is 7.33. The topological polar surface area (TPSA) is 77.6 Å². The van der Waals surface area contributed by atoms with Gasteiger partial charge in [-0.25, -0.2) is 9.59 Å². The van der Waals surface area contributed by atoms with Crippen LogP contribution in [0.2, 0.25) is 10.0 Å². The van der Waals surface area contributed by atoms with Crippen molar-refractivity contribution in [2.45, 2.75) is 90.1 Å². The lowest BCUT2D eigenvalue weighted by Crippen LogP contribution is -2.47. The largest absolute Gasteiger partial charge is 0.368 e. The van der Waals surface area contributed by atoms with E-state index in [0.717, 1.165) is 148 Å². The molecule has 2 aromatic rings. The number of urea groups is 2. The molecule has 2 aliphatic heterocycles. The van der Waals surface area contributed by atoms with Gasteiger partial charge in [0, 0.05) is 99.4 Å². The molecule has 12 heteroatoms. The fourth-order valence-electron chi connectivity index (χ4n) is 8.35. The second-order valence-electron chi connectivity index (χ2n) is 16.5. The van der Waals surface area contributed by atoms with E-state index in [1.54, 1.807) is 19.0 Å². The van der Waals surface area contributed by atoms with Crippen LogP contribution in [0.4, 0.5) is 21.0 Å². The fourth-order valence-corrected chi connectivity index (χ4v) is 8.84. The van der Waals surface area contributed by atoms with Crippen LogP contribution in [-0.2, 0) is 0 Å². The van der Waals surface area contributed by atoms with E-state index in [0.29, 0.717) is 12.5 Å². The Kier molecular flexibility index (Phi) is 14.5. The molecule has 0 atom stereocenters. The van der Waals surface area contributed by atoms with Gasteiger partial charge in [-0.15, -0.1) is 0 Å². The average Bonchev–Trinajstić information content (AvgIpc) is 3.23. The maximum Gasteiger partial charge on any atom is 0.317 e. The Hall–Kier alpha value is -2.92. The summed E-state index contributed by atoms with van der Waals surface area (Å²) in [5, 5.41) is 7.60. The molecule has 2 saturated heterocycles. The Morgan fingerprint density at radius 2 is 1.09 bits per heavy atom. The molecule has 4 amide bonds. The molecule has 10 nitrogen and oxygen atoms in total. The number of aryl methyl sites for hydroxylation is 2. The zero-order valence-corrected chi connectivity index (χ0v) is 36.0. The minimum atomic E-state index is -2.39. The molecule has 2 N–H and O–H groups in total. The summed E-state index contributed by atoms with van der Waals surface area (Å²) >= 11 is 13.0. The molecular formula is C44H70Cl2N8O2. The first-order valence-corrected chi connectivity index (χ1v) is 21.5. The summed E-state index contributed by atoms with van der Waals surface area (Å²) in [4.78, 5) is 35.8. The lowest BCUT2D eigenvalue weighted by atomic mass is 9.84. The molecule has 0 unspecified atom stereocenters. The molecule has 2 saturated carbocycles. The van der Waals surface area contributed by atoms with Crippen LogP contribution in [0.25, 0.3) is 0 Å². The molecule has 6 rings (SSSR count). The summed E-state index contributed by atoms with van der Waals surface area (Å²) in [5.74, 6) is 0.729. The van der Waals surface area contributed by atoms with E-state index < -0.39 is 19.4 Å². The number of hydrogen-bond acceptors (Lipinski definition) is 6.